The SMILES string of the molecule is O=C(O)c1cccc(-c2ccc(-c3cn(C(=O)N4CCCCC4c4ccccc4)nn3)cc2)c1. The molecule has 1 atom stereocenters. The molecule has 1 aliphatic heterocycles. The van der Waals surface area contributed by atoms with Crippen molar-refractivity contribution in [2.45, 2.75) is 25.3 Å². The zero-order valence-electron chi connectivity index (χ0n) is 18.5. The van der Waals surface area contributed by atoms with Gasteiger partial charge in [0.1, 0.15) is 5.69 Å². The van der Waals surface area contributed by atoms with E-state index >= 15 is 0 Å². The number of carboxylic acid groups (broad SMARTS) is 1. The lowest BCUT2D eigenvalue weighted by Gasteiger charge is -2.35. The van der Waals surface area contributed by atoms with Crippen molar-refractivity contribution in [3.05, 3.63) is 96.2 Å². The molecule has 1 aliphatic rings. The van der Waals surface area contributed by atoms with Crippen LogP contribution in [0.5, 0.6) is 0 Å². The van der Waals surface area contributed by atoms with E-state index in [1.807, 2.05) is 53.4 Å². The van der Waals surface area contributed by atoms with E-state index in [1.54, 1.807) is 24.4 Å². The minimum atomic E-state index is -0.956. The first-order valence-corrected chi connectivity index (χ1v) is 11.3. The zero-order valence-corrected chi connectivity index (χ0v) is 18.5. The minimum Gasteiger partial charge on any atom is -0.478 e. The molecular weight excluding hydrogens is 428 g/mol. The van der Waals surface area contributed by atoms with E-state index < -0.39 is 5.97 Å². The molecule has 1 fully saturated rings. The number of aromatic nitrogens is 3. The summed E-state index contributed by atoms with van der Waals surface area (Å²) in [5.41, 5.74) is 4.53. The Balaban J connectivity index is 1.36. The molecule has 5 rings (SSSR count). The third-order valence-electron chi connectivity index (χ3n) is 6.25. The van der Waals surface area contributed by atoms with Crippen LogP contribution in [0.3, 0.4) is 0 Å². The fourth-order valence-corrected chi connectivity index (χ4v) is 4.47. The Bertz CT molecular complexity index is 1320. The number of aromatic carboxylic acids is 1. The van der Waals surface area contributed by atoms with Crippen molar-refractivity contribution in [3.63, 3.8) is 0 Å². The van der Waals surface area contributed by atoms with Gasteiger partial charge < -0.3 is 10.0 Å². The predicted octanol–water partition coefficient (Wildman–Crippen LogP) is 5.51. The molecule has 1 saturated heterocycles. The van der Waals surface area contributed by atoms with Crippen LogP contribution in [-0.2, 0) is 0 Å². The Hall–Kier alpha value is -4.26. The molecule has 0 radical (unpaired) electrons. The van der Waals surface area contributed by atoms with Gasteiger partial charge in [0.25, 0.3) is 0 Å². The highest BCUT2D eigenvalue weighted by molar-refractivity contribution is 5.89. The maximum Gasteiger partial charge on any atom is 0.346 e. The molecule has 0 bridgehead atoms. The van der Waals surface area contributed by atoms with E-state index in [2.05, 4.69) is 22.4 Å². The number of hydrogen-bond donors (Lipinski definition) is 1. The summed E-state index contributed by atoms with van der Waals surface area (Å²) in [7, 11) is 0. The van der Waals surface area contributed by atoms with Gasteiger partial charge in [-0.1, -0.05) is 71.9 Å². The number of carboxylic acids is 1. The van der Waals surface area contributed by atoms with Crippen LogP contribution in [0.2, 0.25) is 0 Å². The number of piperidine rings is 1. The first-order valence-electron chi connectivity index (χ1n) is 11.3. The third-order valence-corrected chi connectivity index (χ3v) is 6.25. The lowest BCUT2D eigenvalue weighted by Crippen LogP contribution is -2.41. The maximum atomic E-state index is 13.3. The number of carbonyl (C=O) groups excluding carboxylic acids is 1. The fourth-order valence-electron chi connectivity index (χ4n) is 4.47. The van der Waals surface area contributed by atoms with Crippen molar-refractivity contribution < 1.29 is 14.7 Å². The molecule has 1 amide bonds. The Morgan fingerprint density at radius 3 is 2.38 bits per heavy atom. The standard InChI is InChI=1S/C27H24N4O3/c32-26(33)23-10-6-9-22(17-23)19-12-14-20(15-13-19)24-18-31(29-28-24)27(34)30-16-5-4-11-25(30)21-7-2-1-3-8-21/h1-3,6-10,12-15,17-18,25H,4-5,11,16H2,(H,32,33). The van der Waals surface area contributed by atoms with E-state index in [1.165, 1.54) is 4.68 Å². The van der Waals surface area contributed by atoms with Crippen molar-refractivity contribution in [1.29, 1.82) is 0 Å². The van der Waals surface area contributed by atoms with Crippen molar-refractivity contribution in [2.75, 3.05) is 6.54 Å². The van der Waals surface area contributed by atoms with Crippen molar-refractivity contribution in [1.82, 2.24) is 19.9 Å². The summed E-state index contributed by atoms with van der Waals surface area (Å²) in [6, 6.07) is 24.4. The summed E-state index contributed by atoms with van der Waals surface area (Å²) in [5, 5.41) is 17.6. The number of likely N-dealkylation sites (tertiary alicyclic amines) is 1. The van der Waals surface area contributed by atoms with E-state index in [0.717, 1.165) is 41.5 Å². The molecule has 1 aromatic heterocycles. The molecule has 7 nitrogen and oxygen atoms in total. The monoisotopic (exact) mass is 452 g/mol. The summed E-state index contributed by atoms with van der Waals surface area (Å²) in [6.45, 7) is 0.692. The molecule has 34 heavy (non-hydrogen) atoms. The minimum absolute atomic E-state index is 0.0379. The highest BCUT2D eigenvalue weighted by Crippen LogP contribution is 2.31. The van der Waals surface area contributed by atoms with Gasteiger partial charge in [-0.3, -0.25) is 0 Å². The average molecular weight is 453 g/mol. The molecule has 0 spiro atoms. The molecule has 7 heteroatoms. The fraction of sp³-hybridized carbons (Fsp3) is 0.185. The zero-order chi connectivity index (χ0) is 23.5. The normalized spacial score (nSPS) is 15.8. The Morgan fingerprint density at radius 2 is 1.62 bits per heavy atom. The topological polar surface area (TPSA) is 88.3 Å². The molecule has 0 aliphatic carbocycles. The van der Waals surface area contributed by atoms with Gasteiger partial charge in [-0.15, -0.1) is 5.10 Å². The highest BCUT2D eigenvalue weighted by atomic mass is 16.4. The number of rotatable bonds is 4. The lowest BCUT2D eigenvalue weighted by molar-refractivity contribution is 0.0697. The van der Waals surface area contributed by atoms with Gasteiger partial charge >= 0.3 is 12.0 Å². The van der Waals surface area contributed by atoms with Crippen LogP contribution in [0.15, 0.2) is 85.1 Å². The second-order valence-corrected chi connectivity index (χ2v) is 8.41. The van der Waals surface area contributed by atoms with Gasteiger partial charge in [0.05, 0.1) is 17.8 Å². The first kappa shape index (κ1) is 21.6. The first-order chi connectivity index (χ1) is 16.6. The van der Waals surface area contributed by atoms with E-state index in [9.17, 15) is 14.7 Å². The maximum absolute atomic E-state index is 13.3. The van der Waals surface area contributed by atoms with Crippen LogP contribution in [-0.4, -0.2) is 43.5 Å². The van der Waals surface area contributed by atoms with Gasteiger partial charge in [0.15, 0.2) is 0 Å². The largest absolute Gasteiger partial charge is 0.478 e. The third kappa shape index (κ3) is 4.32. The van der Waals surface area contributed by atoms with Crippen LogP contribution < -0.4 is 0 Å². The second-order valence-electron chi connectivity index (χ2n) is 8.41. The number of benzene rings is 3. The van der Waals surface area contributed by atoms with Crippen LogP contribution in [0.25, 0.3) is 22.4 Å². The van der Waals surface area contributed by atoms with Gasteiger partial charge in [-0.05, 0) is 48.1 Å². The van der Waals surface area contributed by atoms with Gasteiger partial charge in [0, 0.05) is 12.1 Å². The molecule has 1 N–H and O–H groups in total. The van der Waals surface area contributed by atoms with E-state index in [4.69, 9.17) is 0 Å². The molecular formula is C27H24N4O3. The van der Waals surface area contributed by atoms with Gasteiger partial charge in [-0.2, -0.15) is 4.68 Å². The summed E-state index contributed by atoms with van der Waals surface area (Å²) < 4.78 is 1.32. The summed E-state index contributed by atoms with van der Waals surface area (Å²) in [5.74, 6) is -0.956. The highest BCUT2D eigenvalue weighted by Gasteiger charge is 2.29. The Morgan fingerprint density at radius 1 is 0.853 bits per heavy atom. The van der Waals surface area contributed by atoms with Gasteiger partial charge in [0.2, 0.25) is 0 Å². The molecule has 170 valence electrons. The Kier molecular flexibility index (Phi) is 5.91. The Labute approximate surface area is 197 Å². The number of amides is 1. The van der Waals surface area contributed by atoms with Gasteiger partial charge in [-0.25, -0.2) is 9.59 Å². The molecule has 1 unspecified atom stereocenters. The number of carbonyl (C=O) groups is 2. The van der Waals surface area contributed by atoms with Crippen LogP contribution in [0, 0.1) is 0 Å². The molecule has 2 heterocycles. The van der Waals surface area contributed by atoms with Crippen molar-refractivity contribution >= 4 is 12.0 Å². The number of nitrogens with zero attached hydrogens (tertiary/aromatic N) is 4. The second kappa shape index (κ2) is 9.31. The predicted molar refractivity (Wildman–Crippen MR) is 128 cm³/mol. The van der Waals surface area contributed by atoms with E-state index in [0.29, 0.717) is 12.2 Å². The summed E-state index contributed by atoms with van der Waals surface area (Å²) >= 11 is 0. The van der Waals surface area contributed by atoms with Crippen LogP contribution in [0.4, 0.5) is 4.79 Å². The molecule has 3 aromatic carbocycles. The molecule has 0 saturated carbocycles. The average Bonchev–Trinajstić information content (AvgIpc) is 3.39. The van der Waals surface area contributed by atoms with E-state index in [-0.39, 0.29) is 17.6 Å². The quantitative estimate of drug-likeness (QED) is 0.441. The number of hydrogen-bond acceptors (Lipinski definition) is 4. The smallest absolute Gasteiger partial charge is 0.346 e. The molecule has 4 aromatic rings. The van der Waals surface area contributed by atoms with Crippen molar-refractivity contribution in [3.8, 4) is 22.4 Å². The summed E-state index contributed by atoms with van der Waals surface area (Å²) in [6.07, 6.45) is 4.66. The van der Waals surface area contributed by atoms with Crippen LogP contribution >= 0.6 is 0 Å². The van der Waals surface area contributed by atoms with Crippen molar-refractivity contribution in [2.24, 2.45) is 0 Å². The lowest BCUT2D eigenvalue weighted by atomic mass is 9.96. The summed E-state index contributed by atoms with van der Waals surface area (Å²) in [4.78, 5) is 26.4. The van der Waals surface area contributed by atoms with Crippen LogP contribution in [0.1, 0.15) is 41.2 Å².